The van der Waals surface area contributed by atoms with Gasteiger partial charge in [0.05, 0.1) is 28.5 Å². The maximum absolute atomic E-state index is 13.7. The maximum atomic E-state index is 13.7. The third-order valence-electron chi connectivity index (χ3n) is 7.88. The fraction of sp³-hybridized carbons (Fsp3) is 0.483. The Kier molecular flexibility index (Phi) is 7.76. The van der Waals surface area contributed by atoms with Crippen molar-refractivity contribution in [3.05, 3.63) is 58.0 Å². The van der Waals surface area contributed by atoms with Gasteiger partial charge in [-0.25, -0.2) is 4.98 Å². The lowest BCUT2D eigenvalue weighted by molar-refractivity contribution is -0.119. The van der Waals surface area contributed by atoms with Crippen molar-refractivity contribution in [2.24, 2.45) is 0 Å². The molecule has 8 heteroatoms. The zero-order chi connectivity index (χ0) is 25.9. The molecule has 0 N–H and O–H groups in total. The van der Waals surface area contributed by atoms with Crippen LogP contribution < -0.4 is 4.90 Å². The third kappa shape index (κ3) is 5.50. The van der Waals surface area contributed by atoms with Crippen LogP contribution in [0.5, 0.6) is 0 Å². The normalized spacial score (nSPS) is 17.2. The molecular weight excluding hydrogens is 482 g/mol. The highest BCUT2D eigenvalue weighted by Gasteiger charge is 2.30. The molecule has 3 aromatic rings. The van der Waals surface area contributed by atoms with Crippen LogP contribution in [-0.4, -0.2) is 70.9 Å². The molecule has 1 saturated heterocycles. The van der Waals surface area contributed by atoms with E-state index in [1.807, 2.05) is 49.2 Å². The molecule has 2 aromatic heterocycles. The van der Waals surface area contributed by atoms with Crippen molar-refractivity contribution in [1.82, 2.24) is 19.4 Å². The number of piperazine rings is 1. The molecule has 0 bridgehead atoms. The summed E-state index contributed by atoms with van der Waals surface area (Å²) >= 11 is 1.66. The lowest BCUT2D eigenvalue weighted by atomic mass is 9.95. The van der Waals surface area contributed by atoms with Crippen LogP contribution in [0.3, 0.4) is 0 Å². The smallest absolute Gasteiger partial charge is 0.255 e. The minimum absolute atomic E-state index is 0.0644. The standard InChI is InChI=1S/C29H37N5O2S/c1-21-25(18-27(26-20-37-22(2)30-26)34(21)24-12-8-5-9-13-24)29(36)33-16-14-32(15-17-33)19-28(35)31(3)23-10-6-4-7-11-23/h4,6-7,10-11,18,20,24H,5,8-9,12-17,19H2,1-3H3. The van der Waals surface area contributed by atoms with Crippen LogP contribution in [0.4, 0.5) is 5.69 Å². The molecule has 2 fully saturated rings. The first kappa shape index (κ1) is 25.7. The van der Waals surface area contributed by atoms with E-state index in [2.05, 4.69) is 27.8 Å². The second-order valence-electron chi connectivity index (χ2n) is 10.3. The predicted octanol–water partition coefficient (Wildman–Crippen LogP) is 5.15. The van der Waals surface area contributed by atoms with Gasteiger partial charge in [0.25, 0.3) is 5.91 Å². The molecule has 0 atom stereocenters. The van der Waals surface area contributed by atoms with Gasteiger partial charge in [0.1, 0.15) is 0 Å². The Balaban J connectivity index is 1.28. The fourth-order valence-electron chi connectivity index (χ4n) is 5.70. The average Bonchev–Trinajstić information content (AvgIpc) is 3.52. The number of aromatic nitrogens is 2. The summed E-state index contributed by atoms with van der Waals surface area (Å²) in [7, 11) is 1.82. The molecule has 0 unspecified atom stereocenters. The summed E-state index contributed by atoms with van der Waals surface area (Å²) < 4.78 is 2.40. The summed E-state index contributed by atoms with van der Waals surface area (Å²) in [6.45, 7) is 7.13. The van der Waals surface area contributed by atoms with Crippen molar-refractivity contribution in [3.63, 3.8) is 0 Å². The first-order chi connectivity index (χ1) is 17.9. The third-order valence-corrected chi connectivity index (χ3v) is 8.65. The molecular formula is C29H37N5O2S. The van der Waals surface area contributed by atoms with Gasteiger partial charge in [0.15, 0.2) is 0 Å². The molecule has 5 rings (SSSR count). The Labute approximate surface area is 223 Å². The molecule has 1 aliphatic heterocycles. The van der Waals surface area contributed by atoms with Gasteiger partial charge in [-0.05, 0) is 44.9 Å². The molecule has 0 spiro atoms. The summed E-state index contributed by atoms with van der Waals surface area (Å²) in [5, 5.41) is 3.15. The Bertz CT molecular complexity index is 1240. The number of likely N-dealkylation sites (N-methyl/N-ethyl adjacent to an activating group) is 1. The Morgan fingerprint density at radius 3 is 2.38 bits per heavy atom. The van der Waals surface area contributed by atoms with E-state index in [1.165, 1.54) is 19.3 Å². The summed E-state index contributed by atoms with van der Waals surface area (Å²) in [5.74, 6) is 0.155. The molecule has 0 radical (unpaired) electrons. The number of amides is 2. The Morgan fingerprint density at radius 1 is 1.03 bits per heavy atom. The van der Waals surface area contributed by atoms with Crippen LogP contribution >= 0.6 is 11.3 Å². The predicted molar refractivity (Wildman–Crippen MR) is 149 cm³/mol. The Hall–Kier alpha value is -2.97. The van der Waals surface area contributed by atoms with E-state index in [4.69, 9.17) is 4.98 Å². The number of benzene rings is 1. The minimum Gasteiger partial charge on any atom is -0.340 e. The van der Waals surface area contributed by atoms with Crippen LogP contribution in [0.2, 0.25) is 0 Å². The zero-order valence-electron chi connectivity index (χ0n) is 22.2. The minimum atomic E-state index is 0.0644. The topological polar surface area (TPSA) is 61.7 Å². The number of thiazole rings is 1. The summed E-state index contributed by atoms with van der Waals surface area (Å²) in [5.41, 5.74) is 4.79. The number of hydrogen-bond acceptors (Lipinski definition) is 5. The highest BCUT2D eigenvalue weighted by Crippen LogP contribution is 2.37. The van der Waals surface area contributed by atoms with Gasteiger partial charge in [-0.1, -0.05) is 37.5 Å². The van der Waals surface area contributed by atoms with Gasteiger partial charge in [-0.15, -0.1) is 11.3 Å². The largest absolute Gasteiger partial charge is 0.340 e. The van der Waals surface area contributed by atoms with E-state index in [9.17, 15) is 9.59 Å². The number of anilines is 1. The maximum Gasteiger partial charge on any atom is 0.255 e. The second kappa shape index (κ2) is 11.2. The number of aryl methyl sites for hydroxylation is 1. The van der Waals surface area contributed by atoms with Crippen LogP contribution in [0.1, 0.15) is 59.2 Å². The molecule has 1 aromatic carbocycles. The first-order valence-electron chi connectivity index (χ1n) is 13.4. The van der Waals surface area contributed by atoms with Gasteiger partial charge in [-0.2, -0.15) is 0 Å². The fourth-order valence-corrected chi connectivity index (χ4v) is 6.30. The molecule has 3 heterocycles. The van der Waals surface area contributed by atoms with E-state index >= 15 is 0 Å². The van der Waals surface area contributed by atoms with Gasteiger partial charge in [-0.3, -0.25) is 14.5 Å². The first-order valence-corrected chi connectivity index (χ1v) is 14.3. The van der Waals surface area contributed by atoms with E-state index in [-0.39, 0.29) is 11.8 Å². The van der Waals surface area contributed by atoms with E-state index in [0.29, 0.717) is 38.8 Å². The van der Waals surface area contributed by atoms with Gasteiger partial charge in [0, 0.05) is 56.0 Å². The van der Waals surface area contributed by atoms with Crippen molar-refractivity contribution >= 4 is 28.8 Å². The van der Waals surface area contributed by atoms with Crippen molar-refractivity contribution in [1.29, 1.82) is 0 Å². The lowest BCUT2D eigenvalue weighted by Gasteiger charge is -2.35. The number of nitrogens with zero attached hydrogens (tertiary/aromatic N) is 5. The Morgan fingerprint density at radius 2 is 1.73 bits per heavy atom. The molecule has 2 aliphatic rings. The number of para-hydroxylation sites is 1. The van der Waals surface area contributed by atoms with Crippen molar-refractivity contribution in [2.45, 2.75) is 52.0 Å². The van der Waals surface area contributed by atoms with Crippen LogP contribution in [0, 0.1) is 13.8 Å². The number of hydrogen-bond donors (Lipinski definition) is 0. The molecule has 1 saturated carbocycles. The molecule has 1 aliphatic carbocycles. The summed E-state index contributed by atoms with van der Waals surface area (Å²) in [6.07, 6.45) is 6.08. The molecule has 2 amide bonds. The van der Waals surface area contributed by atoms with E-state index in [0.717, 1.165) is 46.2 Å². The quantitative estimate of drug-likeness (QED) is 0.452. The summed E-state index contributed by atoms with van der Waals surface area (Å²) in [6, 6.07) is 12.2. The van der Waals surface area contributed by atoms with Gasteiger partial charge in [0.2, 0.25) is 5.91 Å². The van der Waals surface area contributed by atoms with E-state index in [1.54, 1.807) is 16.2 Å². The van der Waals surface area contributed by atoms with Crippen LogP contribution in [0.15, 0.2) is 41.8 Å². The van der Waals surface area contributed by atoms with Gasteiger partial charge >= 0.3 is 0 Å². The monoisotopic (exact) mass is 519 g/mol. The van der Waals surface area contributed by atoms with Crippen molar-refractivity contribution < 1.29 is 9.59 Å². The number of rotatable bonds is 6. The average molecular weight is 520 g/mol. The highest BCUT2D eigenvalue weighted by atomic mass is 32.1. The lowest BCUT2D eigenvalue weighted by Crippen LogP contribution is -2.51. The summed E-state index contributed by atoms with van der Waals surface area (Å²) in [4.78, 5) is 37.1. The molecule has 37 heavy (non-hydrogen) atoms. The number of carbonyl (C=O) groups is 2. The molecule has 196 valence electrons. The van der Waals surface area contributed by atoms with Crippen molar-refractivity contribution in [3.8, 4) is 11.4 Å². The second-order valence-corrected chi connectivity index (χ2v) is 11.4. The van der Waals surface area contributed by atoms with Crippen LogP contribution in [-0.2, 0) is 4.79 Å². The zero-order valence-corrected chi connectivity index (χ0v) is 23.0. The van der Waals surface area contributed by atoms with Gasteiger partial charge < -0.3 is 14.4 Å². The molecule has 7 nitrogen and oxygen atoms in total. The van der Waals surface area contributed by atoms with Crippen LogP contribution in [0.25, 0.3) is 11.4 Å². The highest BCUT2D eigenvalue weighted by molar-refractivity contribution is 7.09. The SMILES string of the molecule is Cc1nc(-c2cc(C(=O)N3CCN(CC(=O)N(C)c4ccccc4)CC3)c(C)n2C2CCCCC2)cs1. The van der Waals surface area contributed by atoms with E-state index < -0.39 is 0 Å². The van der Waals surface area contributed by atoms with Crippen molar-refractivity contribution in [2.75, 3.05) is 44.7 Å². The number of carbonyl (C=O) groups excluding carboxylic acids is 2.